The monoisotopic (exact) mass is 200 g/mol. The fraction of sp³-hybridized carbons (Fsp3) is 0.900. The number of amides is 1. The van der Waals surface area contributed by atoms with Crippen molar-refractivity contribution in [1.82, 2.24) is 10.6 Å². The predicted octanol–water partition coefficient (Wildman–Crippen LogP) is 0.281. The summed E-state index contributed by atoms with van der Waals surface area (Å²) in [6, 6.07) is 0. The molecule has 0 radical (unpaired) electrons. The molecule has 0 spiro atoms. The topological polar surface area (TPSA) is 50.4 Å². The Morgan fingerprint density at radius 3 is 2.86 bits per heavy atom. The Kier molecular flexibility index (Phi) is 5.56. The highest BCUT2D eigenvalue weighted by Gasteiger charge is 2.12. The number of hydrogen-bond acceptors (Lipinski definition) is 3. The minimum atomic E-state index is 0.0962. The van der Waals surface area contributed by atoms with E-state index in [1.54, 1.807) is 7.05 Å². The molecule has 1 fully saturated rings. The molecule has 0 atom stereocenters. The third kappa shape index (κ3) is 4.58. The smallest absolute Gasteiger partial charge is 0.219 e. The highest BCUT2D eigenvalue weighted by atomic mass is 16.5. The van der Waals surface area contributed by atoms with Gasteiger partial charge in [0, 0.05) is 20.1 Å². The highest BCUT2D eigenvalue weighted by Crippen LogP contribution is 2.07. The molecule has 0 aliphatic carbocycles. The van der Waals surface area contributed by atoms with Crippen LogP contribution in [0, 0.1) is 0 Å². The second kappa shape index (κ2) is 6.79. The van der Waals surface area contributed by atoms with Crippen molar-refractivity contribution in [3.63, 3.8) is 0 Å². The number of nitrogens with one attached hydrogen (secondary N) is 2. The summed E-state index contributed by atoms with van der Waals surface area (Å²) in [4.78, 5) is 10.9. The maximum atomic E-state index is 10.9. The molecule has 14 heavy (non-hydrogen) atoms. The van der Waals surface area contributed by atoms with Crippen molar-refractivity contribution in [3.05, 3.63) is 0 Å². The van der Waals surface area contributed by atoms with E-state index in [0.717, 1.165) is 32.4 Å². The van der Waals surface area contributed by atoms with Crippen molar-refractivity contribution in [1.29, 1.82) is 0 Å². The van der Waals surface area contributed by atoms with Crippen molar-refractivity contribution in [2.45, 2.75) is 31.8 Å². The molecule has 2 N–H and O–H groups in total. The van der Waals surface area contributed by atoms with E-state index in [1.807, 2.05) is 0 Å². The first-order valence-corrected chi connectivity index (χ1v) is 5.36. The van der Waals surface area contributed by atoms with Crippen LogP contribution in [0.5, 0.6) is 0 Å². The van der Waals surface area contributed by atoms with Gasteiger partial charge in [-0.1, -0.05) is 0 Å². The summed E-state index contributed by atoms with van der Waals surface area (Å²) in [5.74, 6) is 0.0962. The molecule has 0 bridgehead atoms. The van der Waals surface area contributed by atoms with Gasteiger partial charge in [0.25, 0.3) is 0 Å². The third-order valence-electron chi connectivity index (χ3n) is 2.47. The van der Waals surface area contributed by atoms with Crippen molar-refractivity contribution < 1.29 is 9.53 Å². The van der Waals surface area contributed by atoms with Crippen LogP contribution >= 0.6 is 0 Å². The lowest BCUT2D eigenvalue weighted by Crippen LogP contribution is -2.32. The Morgan fingerprint density at radius 1 is 1.50 bits per heavy atom. The summed E-state index contributed by atoms with van der Waals surface area (Å²) in [5, 5.41) is 5.89. The number of rotatable bonds is 5. The van der Waals surface area contributed by atoms with Gasteiger partial charge < -0.3 is 15.4 Å². The van der Waals surface area contributed by atoms with Gasteiger partial charge in [-0.25, -0.2) is 0 Å². The molecule has 0 aromatic heterocycles. The molecule has 1 aliphatic heterocycles. The van der Waals surface area contributed by atoms with Crippen molar-refractivity contribution in [2.75, 3.05) is 26.7 Å². The molecular weight excluding hydrogens is 180 g/mol. The number of piperidine rings is 1. The summed E-state index contributed by atoms with van der Waals surface area (Å²) >= 11 is 0. The van der Waals surface area contributed by atoms with Gasteiger partial charge in [0.1, 0.15) is 0 Å². The Labute approximate surface area is 85.4 Å². The Balaban J connectivity index is 1.94. The summed E-state index contributed by atoms with van der Waals surface area (Å²) in [6.07, 6.45) is 3.99. The van der Waals surface area contributed by atoms with Crippen molar-refractivity contribution in [2.24, 2.45) is 0 Å². The molecule has 0 unspecified atom stereocenters. The Morgan fingerprint density at radius 2 is 2.21 bits per heavy atom. The van der Waals surface area contributed by atoms with E-state index in [0.29, 0.717) is 19.1 Å². The lowest BCUT2D eigenvalue weighted by molar-refractivity contribution is -0.121. The summed E-state index contributed by atoms with van der Waals surface area (Å²) in [7, 11) is 1.66. The third-order valence-corrected chi connectivity index (χ3v) is 2.47. The van der Waals surface area contributed by atoms with Gasteiger partial charge in [0.15, 0.2) is 0 Å². The Hall–Kier alpha value is -0.610. The van der Waals surface area contributed by atoms with Crippen LogP contribution in [0.4, 0.5) is 0 Å². The quantitative estimate of drug-likeness (QED) is 0.627. The molecule has 1 aliphatic rings. The largest absolute Gasteiger partial charge is 0.378 e. The van der Waals surface area contributed by atoms with Gasteiger partial charge in [-0.15, -0.1) is 0 Å². The van der Waals surface area contributed by atoms with Crippen LogP contribution in [0.2, 0.25) is 0 Å². The fourth-order valence-corrected chi connectivity index (χ4v) is 1.57. The lowest BCUT2D eigenvalue weighted by Gasteiger charge is -2.22. The van der Waals surface area contributed by atoms with Crippen molar-refractivity contribution >= 4 is 5.91 Å². The SMILES string of the molecule is CNC(=O)CCCOC1CCNCC1. The maximum Gasteiger partial charge on any atom is 0.219 e. The van der Waals surface area contributed by atoms with Gasteiger partial charge in [-0.2, -0.15) is 0 Å². The van der Waals surface area contributed by atoms with E-state index in [1.165, 1.54) is 0 Å². The number of carbonyl (C=O) groups excluding carboxylic acids is 1. The zero-order valence-corrected chi connectivity index (χ0v) is 8.84. The van der Waals surface area contributed by atoms with Crippen LogP contribution in [0.15, 0.2) is 0 Å². The van der Waals surface area contributed by atoms with E-state index >= 15 is 0 Å². The summed E-state index contributed by atoms with van der Waals surface area (Å²) < 4.78 is 5.66. The highest BCUT2D eigenvalue weighted by molar-refractivity contribution is 5.75. The van der Waals surface area contributed by atoms with Crippen LogP contribution in [0.25, 0.3) is 0 Å². The molecule has 4 heteroatoms. The molecule has 1 amide bonds. The maximum absolute atomic E-state index is 10.9. The fourth-order valence-electron chi connectivity index (χ4n) is 1.57. The number of ether oxygens (including phenoxy) is 1. The lowest BCUT2D eigenvalue weighted by atomic mass is 10.1. The average Bonchev–Trinajstić information content (AvgIpc) is 2.25. The Bertz CT molecular complexity index is 168. The molecule has 1 saturated heterocycles. The minimum absolute atomic E-state index is 0.0962. The molecule has 0 aromatic carbocycles. The molecule has 1 heterocycles. The standard InChI is InChI=1S/C10H20N2O2/c1-11-10(13)3-2-8-14-9-4-6-12-7-5-9/h9,12H,2-8H2,1H3,(H,11,13). The first kappa shape index (κ1) is 11.5. The second-order valence-electron chi connectivity index (χ2n) is 3.60. The first-order chi connectivity index (χ1) is 6.83. The van der Waals surface area contributed by atoms with Gasteiger partial charge in [-0.05, 0) is 32.4 Å². The van der Waals surface area contributed by atoms with E-state index in [2.05, 4.69) is 10.6 Å². The molecule has 1 rings (SSSR count). The van der Waals surface area contributed by atoms with E-state index in [9.17, 15) is 4.79 Å². The minimum Gasteiger partial charge on any atom is -0.378 e. The molecule has 82 valence electrons. The van der Waals surface area contributed by atoms with Crippen LogP contribution < -0.4 is 10.6 Å². The van der Waals surface area contributed by atoms with E-state index in [-0.39, 0.29) is 5.91 Å². The molecular formula is C10H20N2O2. The van der Waals surface area contributed by atoms with Gasteiger partial charge in [0.05, 0.1) is 6.10 Å². The van der Waals surface area contributed by atoms with E-state index < -0.39 is 0 Å². The normalized spacial score (nSPS) is 18.1. The number of carbonyl (C=O) groups is 1. The van der Waals surface area contributed by atoms with Gasteiger partial charge in [0.2, 0.25) is 5.91 Å². The van der Waals surface area contributed by atoms with E-state index in [4.69, 9.17) is 4.74 Å². The molecule has 0 aromatic rings. The molecule has 4 nitrogen and oxygen atoms in total. The van der Waals surface area contributed by atoms with Gasteiger partial charge >= 0.3 is 0 Å². The predicted molar refractivity (Wildman–Crippen MR) is 55.1 cm³/mol. The number of hydrogen-bond donors (Lipinski definition) is 2. The second-order valence-corrected chi connectivity index (χ2v) is 3.60. The van der Waals surface area contributed by atoms with Crippen LogP contribution in [0.1, 0.15) is 25.7 Å². The first-order valence-electron chi connectivity index (χ1n) is 5.36. The summed E-state index contributed by atoms with van der Waals surface area (Å²) in [5.41, 5.74) is 0. The molecule has 0 saturated carbocycles. The summed E-state index contributed by atoms with van der Waals surface area (Å²) in [6.45, 7) is 2.82. The zero-order chi connectivity index (χ0) is 10.2. The van der Waals surface area contributed by atoms with Crippen LogP contribution in [0.3, 0.4) is 0 Å². The average molecular weight is 200 g/mol. The van der Waals surface area contributed by atoms with Crippen LogP contribution in [-0.2, 0) is 9.53 Å². The van der Waals surface area contributed by atoms with Crippen LogP contribution in [-0.4, -0.2) is 38.8 Å². The van der Waals surface area contributed by atoms with Crippen molar-refractivity contribution in [3.8, 4) is 0 Å². The zero-order valence-electron chi connectivity index (χ0n) is 8.84. The van der Waals surface area contributed by atoms with Gasteiger partial charge in [-0.3, -0.25) is 4.79 Å².